The third-order valence-electron chi connectivity index (χ3n) is 3.03. The Bertz CT molecular complexity index is 537. The average Bonchev–Trinajstić information content (AvgIpc) is 2.41. The van der Waals surface area contributed by atoms with E-state index in [-0.39, 0.29) is 6.04 Å². The summed E-state index contributed by atoms with van der Waals surface area (Å²) in [6.07, 6.45) is 0. The number of rotatable bonds is 3. The van der Waals surface area contributed by atoms with Crippen LogP contribution in [-0.2, 0) is 0 Å². The van der Waals surface area contributed by atoms with Crippen molar-refractivity contribution in [2.45, 2.75) is 13.0 Å². The van der Waals surface area contributed by atoms with Crippen LogP contribution in [0.3, 0.4) is 0 Å². The predicted octanol–water partition coefficient (Wildman–Crippen LogP) is 3.71. The molecule has 0 spiro atoms. The fraction of sp³-hybridized carbons (Fsp3) is 0.200. The van der Waals surface area contributed by atoms with Gasteiger partial charge in [0.05, 0.1) is 13.2 Å². The van der Waals surface area contributed by atoms with Crippen LogP contribution in [0.5, 0.6) is 5.75 Å². The lowest BCUT2D eigenvalue weighted by atomic mass is 9.98. The molecular formula is C15H16ClNO. The molecule has 0 fully saturated rings. The minimum absolute atomic E-state index is 0.219. The summed E-state index contributed by atoms with van der Waals surface area (Å²) in [4.78, 5) is 0. The zero-order valence-electron chi connectivity index (χ0n) is 10.5. The van der Waals surface area contributed by atoms with Crippen LogP contribution in [0.4, 0.5) is 0 Å². The summed E-state index contributed by atoms with van der Waals surface area (Å²) >= 11 is 6.29. The van der Waals surface area contributed by atoms with E-state index < -0.39 is 0 Å². The van der Waals surface area contributed by atoms with E-state index in [4.69, 9.17) is 22.1 Å². The summed E-state index contributed by atoms with van der Waals surface area (Å²) in [7, 11) is 1.65. The molecule has 0 saturated carbocycles. The molecule has 2 rings (SSSR count). The molecule has 1 atom stereocenters. The molecule has 2 nitrogen and oxygen atoms in total. The van der Waals surface area contributed by atoms with Gasteiger partial charge in [-0.3, -0.25) is 0 Å². The second-order valence-corrected chi connectivity index (χ2v) is 4.61. The highest BCUT2D eigenvalue weighted by Crippen LogP contribution is 2.29. The number of ether oxygens (including phenoxy) is 1. The lowest BCUT2D eigenvalue weighted by Crippen LogP contribution is -2.12. The van der Waals surface area contributed by atoms with Crippen molar-refractivity contribution >= 4 is 11.6 Å². The fourth-order valence-corrected chi connectivity index (χ4v) is 2.14. The highest BCUT2D eigenvalue weighted by Gasteiger charge is 2.13. The molecule has 0 heterocycles. The Morgan fingerprint density at radius 3 is 2.39 bits per heavy atom. The van der Waals surface area contributed by atoms with Gasteiger partial charge < -0.3 is 10.5 Å². The van der Waals surface area contributed by atoms with Crippen molar-refractivity contribution in [3.63, 3.8) is 0 Å². The summed E-state index contributed by atoms with van der Waals surface area (Å²) in [5.74, 6) is 0.821. The fourth-order valence-electron chi connectivity index (χ4n) is 1.90. The Morgan fingerprint density at radius 2 is 1.78 bits per heavy atom. The van der Waals surface area contributed by atoms with Gasteiger partial charge in [-0.25, -0.2) is 0 Å². The first-order valence-corrected chi connectivity index (χ1v) is 6.16. The maximum atomic E-state index is 6.29. The Kier molecular flexibility index (Phi) is 3.90. The number of benzene rings is 2. The second kappa shape index (κ2) is 5.42. The van der Waals surface area contributed by atoms with Gasteiger partial charge in [-0.05, 0) is 35.7 Å². The quantitative estimate of drug-likeness (QED) is 0.914. The van der Waals surface area contributed by atoms with E-state index in [1.54, 1.807) is 7.11 Å². The van der Waals surface area contributed by atoms with Crippen molar-refractivity contribution in [2.75, 3.05) is 7.11 Å². The molecule has 0 aliphatic rings. The number of methoxy groups -OCH3 is 1. The maximum absolute atomic E-state index is 6.29. The third-order valence-corrected chi connectivity index (χ3v) is 3.55. The summed E-state index contributed by atoms with van der Waals surface area (Å²) in [6.45, 7) is 1.98. The van der Waals surface area contributed by atoms with Crippen molar-refractivity contribution in [3.05, 3.63) is 64.2 Å². The minimum Gasteiger partial charge on any atom is -0.497 e. The van der Waals surface area contributed by atoms with E-state index >= 15 is 0 Å². The molecule has 0 amide bonds. The molecule has 0 saturated heterocycles. The van der Waals surface area contributed by atoms with E-state index in [1.807, 2.05) is 49.4 Å². The first kappa shape index (κ1) is 12.9. The smallest absolute Gasteiger partial charge is 0.118 e. The van der Waals surface area contributed by atoms with Crippen LogP contribution in [0.15, 0.2) is 42.5 Å². The standard InChI is InChI=1S/C15H16ClNO/c1-10-4-3-5-13(14(10)16)15(17)11-6-8-12(18-2)9-7-11/h3-9,15H,17H2,1-2H3. The number of aryl methyl sites for hydroxylation is 1. The highest BCUT2D eigenvalue weighted by atomic mass is 35.5. The van der Waals surface area contributed by atoms with Crippen molar-refractivity contribution < 1.29 is 4.74 Å². The molecule has 0 aromatic heterocycles. The molecule has 2 aromatic carbocycles. The first-order chi connectivity index (χ1) is 8.63. The van der Waals surface area contributed by atoms with Gasteiger partial charge in [0, 0.05) is 5.02 Å². The normalized spacial score (nSPS) is 12.2. The molecule has 0 aliphatic heterocycles. The van der Waals surface area contributed by atoms with Gasteiger partial charge in [-0.1, -0.05) is 41.9 Å². The third kappa shape index (κ3) is 2.50. The molecule has 2 N–H and O–H groups in total. The minimum atomic E-state index is -0.219. The van der Waals surface area contributed by atoms with E-state index in [0.717, 1.165) is 27.5 Å². The molecule has 1 unspecified atom stereocenters. The molecule has 0 aliphatic carbocycles. The Hall–Kier alpha value is -1.51. The molecule has 18 heavy (non-hydrogen) atoms. The Morgan fingerprint density at radius 1 is 1.11 bits per heavy atom. The van der Waals surface area contributed by atoms with Crippen LogP contribution < -0.4 is 10.5 Å². The van der Waals surface area contributed by atoms with Gasteiger partial charge >= 0.3 is 0 Å². The summed E-state index contributed by atoms with van der Waals surface area (Å²) in [6, 6.07) is 13.4. The van der Waals surface area contributed by atoms with Crippen molar-refractivity contribution in [1.29, 1.82) is 0 Å². The van der Waals surface area contributed by atoms with Gasteiger partial charge in [0.25, 0.3) is 0 Å². The van der Waals surface area contributed by atoms with Gasteiger partial charge in [0.15, 0.2) is 0 Å². The molecule has 0 radical (unpaired) electrons. The van der Waals surface area contributed by atoms with Crippen molar-refractivity contribution in [3.8, 4) is 5.75 Å². The van der Waals surface area contributed by atoms with Crippen LogP contribution in [0, 0.1) is 6.92 Å². The van der Waals surface area contributed by atoms with Gasteiger partial charge in [-0.15, -0.1) is 0 Å². The number of nitrogens with two attached hydrogens (primary N) is 1. The average molecular weight is 262 g/mol. The molecule has 2 aromatic rings. The maximum Gasteiger partial charge on any atom is 0.118 e. The van der Waals surface area contributed by atoms with Crippen molar-refractivity contribution in [1.82, 2.24) is 0 Å². The molecule has 0 bridgehead atoms. The largest absolute Gasteiger partial charge is 0.497 e. The van der Waals surface area contributed by atoms with Crippen LogP contribution in [0.1, 0.15) is 22.7 Å². The van der Waals surface area contributed by atoms with Crippen LogP contribution in [0.25, 0.3) is 0 Å². The van der Waals surface area contributed by atoms with Gasteiger partial charge in [-0.2, -0.15) is 0 Å². The van der Waals surface area contributed by atoms with E-state index in [2.05, 4.69) is 0 Å². The second-order valence-electron chi connectivity index (χ2n) is 4.23. The topological polar surface area (TPSA) is 35.2 Å². The molecule has 94 valence electrons. The number of hydrogen-bond donors (Lipinski definition) is 1. The Balaban J connectivity index is 2.35. The van der Waals surface area contributed by atoms with Crippen LogP contribution in [-0.4, -0.2) is 7.11 Å². The summed E-state index contributed by atoms with van der Waals surface area (Å²) < 4.78 is 5.13. The zero-order valence-corrected chi connectivity index (χ0v) is 11.2. The van der Waals surface area contributed by atoms with Crippen molar-refractivity contribution in [2.24, 2.45) is 5.73 Å². The highest BCUT2D eigenvalue weighted by molar-refractivity contribution is 6.32. The van der Waals surface area contributed by atoms with E-state index in [1.165, 1.54) is 0 Å². The van der Waals surface area contributed by atoms with Crippen LogP contribution >= 0.6 is 11.6 Å². The summed E-state index contributed by atoms with van der Waals surface area (Å²) in [5.41, 5.74) is 9.26. The van der Waals surface area contributed by atoms with Crippen LogP contribution in [0.2, 0.25) is 5.02 Å². The molecular weight excluding hydrogens is 246 g/mol. The van der Waals surface area contributed by atoms with Gasteiger partial charge in [0.2, 0.25) is 0 Å². The SMILES string of the molecule is COc1ccc(C(N)c2cccc(C)c2Cl)cc1. The molecule has 3 heteroatoms. The monoisotopic (exact) mass is 261 g/mol. The summed E-state index contributed by atoms with van der Waals surface area (Å²) in [5, 5.41) is 0.737. The lowest BCUT2D eigenvalue weighted by molar-refractivity contribution is 0.414. The number of hydrogen-bond acceptors (Lipinski definition) is 2. The predicted molar refractivity (Wildman–Crippen MR) is 75.2 cm³/mol. The first-order valence-electron chi connectivity index (χ1n) is 5.78. The zero-order chi connectivity index (χ0) is 13.1. The lowest BCUT2D eigenvalue weighted by Gasteiger charge is -2.15. The number of halogens is 1. The van der Waals surface area contributed by atoms with E-state index in [0.29, 0.717) is 0 Å². The Labute approximate surface area is 112 Å². The van der Waals surface area contributed by atoms with Gasteiger partial charge in [0.1, 0.15) is 5.75 Å². The van der Waals surface area contributed by atoms with E-state index in [9.17, 15) is 0 Å².